The third kappa shape index (κ3) is 3.34. The zero-order chi connectivity index (χ0) is 15.2. The largest absolute Gasteiger partial charge is 0.466 e. The Kier molecular flexibility index (Phi) is 4.81. The van der Waals surface area contributed by atoms with Crippen molar-refractivity contribution in [2.75, 3.05) is 11.6 Å². The Morgan fingerprint density at radius 1 is 1.38 bits per heavy atom. The minimum atomic E-state index is -0.917. The molecule has 0 aromatic heterocycles. The maximum Gasteiger partial charge on any atom is 0.306 e. The molecular weight excluding hydrogens is 272 g/mol. The second-order valence-electron chi connectivity index (χ2n) is 4.50. The lowest BCUT2D eigenvalue weighted by molar-refractivity contribution is -0.143. The van der Waals surface area contributed by atoms with Gasteiger partial charge in [0, 0.05) is 0 Å². The van der Waals surface area contributed by atoms with Crippen LogP contribution in [0.5, 0.6) is 0 Å². The average Bonchev–Trinajstić information content (AvgIpc) is 2.82. The number of amides is 1. The van der Waals surface area contributed by atoms with Crippen LogP contribution >= 0.6 is 0 Å². The van der Waals surface area contributed by atoms with E-state index in [-0.39, 0.29) is 18.8 Å². The predicted molar refractivity (Wildman–Crippen MR) is 76.8 cm³/mol. The van der Waals surface area contributed by atoms with E-state index < -0.39 is 11.8 Å². The molecule has 0 fully saturated rings. The molecule has 1 aliphatic rings. The lowest BCUT2D eigenvalue weighted by Gasteiger charge is -2.11. The summed E-state index contributed by atoms with van der Waals surface area (Å²) < 4.78 is 4.83. The van der Waals surface area contributed by atoms with Crippen LogP contribution in [0.2, 0.25) is 0 Å². The molecule has 0 aliphatic carbocycles. The van der Waals surface area contributed by atoms with E-state index in [1.165, 1.54) is 5.01 Å². The molecule has 6 nitrogen and oxygen atoms in total. The van der Waals surface area contributed by atoms with E-state index in [4.69, 9.17) is 4.74 Å². The molecule has 110 valence electrons. The molecule has 21 heavy (non-hydrogen) atoms. The van der Waals surface area contributed by atoms with Gasteiger partial charge in [0.25, 0.3) is 5.91 Å². The lowest BCUT2D eigenvalue weighted by atomic mass is 10.0. The fourth-order valence-electron chi connectivity index (χ4n) is 2.07. The number of para-hydroxylation sites is 1. The predicted octanol–water partition coefficient (Wildman–Crippen LogP) is 1.55. The van der Waals surface area contributed by atoms with Crippen LogP contribution < -0.4 is 5.01 Å². The van der Waals surface area contributed by atoms with Crippen molar-refractivity contribution in [3.8, 4) is 0 Å². The van der Waals surface area contributed by atoms with Crippen molar-refractivity contribution in [1.82, 2.24) is 0 Å². The van der Waals surface area contributed by atoms with E-state index in [0.29, 0.717) is 24.3 Å². The third-order valence-electron chi connectivity index (χ3n) is 3.09. The first-order chi connectivity index (χ1) is 10.2. The first-order valence-electron chi connectivity index (χ1n) is 6.74. The first kappa shape index (κ1) is 14.9. The molecule has 1 aromatic rings. The van der Waals surface area contributed by atoms with Crippen molar-refractivity contribution < 1.29 is 19.1 Å². The number of anilines is 1. The summed E-state index contributed by atoms with van der Waals surface area (Å²) >= 11 is 0. The summed E-state index contributed by atoms with van der Waals surface area (Å²) in [5.41, 5.74) is 0.993. The molecule has 1 heterocycles. The number of esters is 1. The average molecular weight is 288 g/mol. The van der Waals surface area contributed by atoms with Crippen LogP contribution in [0, 0.1) is 5.92 Å². The lowest BCUT2D eigenvalue weighted by Crippen LogP contribution is -2.28. The van der Waals surface area contributed by atoms with Crippen molar-refractivity contribution in [2.45, 2.75) is 19.8 Å². The number of benzene rings is 1. The van der Waals surface area contributed by atoms with Crippen molar-refractivity contribution >= 4 is 29.6 Å². The van der Waals surface area contributed by atoms with Gasteiger partial charge in [-0.05, 0) is 25.5 Å². The van der Waals surface area contributed by atoms with E-state index in [0.717, 1.165) is 0 Å². The van der Waals surface area contributed by atoms with Crippen molar-refractivity contribution in [3.05, 3.63) is 30.3 Å². The highest BCUT2D eigenvalue weighted by Crippen LogP contribution is 2.24. The van der Waals surface area contributed by atoms with Crippen molar-refractivity contribution in [3.63, 3.8) is 0 Å². The number of carbonyl (C=O) groups excluding carboxylic acids is 3. The standard InChI is InChI=1S/C15H16N2O4/c1-2-21-14(19)9-8-13-12(10-18)15(20)17(16-13)11-6-4-3-5-7-11/h3-7,10,12H,2,8-9H2,1H3. The number of carbonyl (C=O) groups is 3. The van der Waals surface area contributed by atoms with Gasteiger partial charge in [-0.3, -0.25) is 9.59 Å². The fourth-order valence-corrected chi connectivity index (χ4v) is 2.07. The molecule has 1 aromatic carbocycles. The molecule has 0 saturated heterocycles. The Balaban J connectivity index is 2.13. The van der Waals surface area contributed by atoms with Crippen LogP contribution in [-0.4, -0.2) is 30.5 Å². The Morgan fingerprint density at radius 2 is 2.10 bits per heavy atom. The second-order valence-corrected chi connectivity index (χ2v) is 4.50. The highest BCUT2D eigenvalue weighted by Gasteiger charge is 2.36. The molecule has 6 heteroatoms. The van der Waals surface area contributed by atoms with Crippen molar-refractivity contribution in [2.24, 2.45) is 11.0 Å². The second kappa shape index (κ2) is 6.78. The van der Waals surface area contributed by atoms with E-state index in [9.17, 15) is 14.4 Å². The van der Waals surface area contributed by atoms with Crippen molar-refractivity contribution in [1.29, 1.82) is 0 Å². The summed E-state index contributed by atoms with van der Waals surface area (Å²) in [5, 5.41) is 5.39. The highest BCUT2D eigenvalue weighted by molar-refractivity contribution is 6.23. The monoisotopic (exact) mass is 288 g/mol. The maximum absolute atomic E-state index is 12.2. The number of ether oxygens (including phenoxy) is 1. The SMILES string of the molecule is CCOC(=O)CCC1=NN(c2ccccc2)C(=O)C1C=O. The van der Waals surface area contributed by atoms with Gasteiger partial charge in [-0.2, -0.15) is 10.1 Å². The summed E-state index contributed by atoms with van der Waals surface area (Å²) in [7, 11) is 0. The Bertz CT molecular complexity index is 568. The number of nitrogens with zero attached hydrogens (tertiary/aromatic N) is 2. The molecule has 1 unspecified atom stereocenters. The van der Waals surface area contributed by atoms with Gasteiger partial charge in [-0.25, -0.2) is 0 Å². The van der Waals surface area contributed by atoms with Crippen LogP contribution in [0.25, 0.3) is 0 Å². The van der Waals surface area contributed by atoms with Gasteiger partial charge >= 0.3 is 5.97 Å². The Labute approximate surface area is 122 Å². The molecular formula is C15H16N2O4. The highest BCUT2D eigenvalue weighted by atomic mass is 16.5. The van der Waals surface area contributed by atoms with Gasteiger partial charge in [-0.1, -0.05) is 18.2 Å². The topological polar surface area (TPSA) is 76.0 Å². The van der Waals surface area contributed by atoms with Crippen LogP contribution in [0.1, 0.15) is 19.8 Å². The molecule has 0 N–H and O–H groups in total. The van der Waals surface area contributed by atoms with Crippen LogP contribution in [0.3, 0.4) is 0 Å². The van der Waals surface area contributed by atoms with Gasteiger partial charge in [0.05, 0.1) is 24.4 Å². The number of hydrazone groups is 1. The zero-order valence-electron chi connectivity index (χ0n) is 11.7. The maximum atomic E-state index is 12.2. The van der Waals surface area contributed by atoms with Gasteiger partial charge in [0.2, 0.25) is 0 Å². The summed E-state index contributed by atoms with van der Waals surface area (Å²) in [6, 6.07) is 8.86. The molecule has 0 bridgehead atoms. The molecule has 2 rings (SSSR count). The van der Waals surface area contributed by atoms with E-state index in [1.807, 2.05) is 6.07 Å². The minimum absolute atomic E-state index is 0.104. The third-order valence-corrected chi connectivity index (χ3v) is 3.09. The summed E-state index contributed by atoms with van der Waals surface area (Å²) in [4.78, 5) is 34.7. The zero-order valence-corrected chi connectivity index (χ0v) is 11.7. The van der Waals surface area contributed by atoms with E-state index in [1.54, 1.807) is 31.2 Å². The molecule has 0 spiro atoms. The minimum Gasteiger partial charge on any atom is -0.466 e. The van der Waals surface area contributed by atoms with Gasteiger partial charge in [-0.15, -0.1) is 0 Å². The van der Waals surface area contributed by atoms with Gasteiger partial charge < -0.3 is 9.53 Å². The summed E-state index contributed by atoms with van der Waals surface area (Å²) in [5.74, 6) is -1.68. The van der Waals surface area contributed by atoms with Gasteiger partial charge in [0.1, 0.15) is 12.2 Å². The molecule has 1 atom stereocenters. The molecule has 0 saturated carbocycles. The molecule has 1 amide bonds. The first-order valence-corrected chi connectivity index (χ1v) is 6.74. The van der Waals surface area contributed by atoms with Crippen LogP contribution in [0.15, 0.2) is 35.4 Å². The number of aldehydes is 1. The smallest absolute Gasteiger partial charge is 0.306 e. The molecule has 0 radical (unpaired) electrons. The van der Waals surface area contributed by atoms with Crippen LogP contribution in [0.4, 0.5) is 5.69 Å². The summed E-state index contributed by atoms with van der Waals surface area (Å²) in [6.45, 7) is 2.03. The Hall–Kier alpha value is -2.50. The summed E-state index contributed by atoms with van der Waals surface area (Å²) in [6.07, 6.45) is 0.902. The quantitative estimate of drug-likeness (QED) is 0.452. The molecule has 1 aliphatic heterocycles. The van der Waals surface area contributed by atoms with Crippen LogP contribution in [-0.2, 0) is 19.1 Å². The van der Waals surface area contributed by atoms with Gasteiger partial charge in [0.15, 0.2) is 0 Å². The normalized spacial score (nSPS) is 17.6. The number of rotatable bonds is 6. The fraction of sp³-hybridized carbons (Fsp3) is 0.333. The van der Waals surface area contributed by atoms with E-state index in [2.05, 4.69) is 5.10 Å². The number of hydrogen-bond donors (Lipinski definition) is 0. The Morgan fingerprint density at radius 3 is 2.71 bits per heavy atom. The van der Waals surface area contributed by atoms with E-state index >= 15 is 0 Å². The number of hydrogen-bond acceptors (Lipinski definition) is 5.